The lowest BCUT2D eigenvalue weighted by atomic mass is 9.69. The van der Waals surface area contributed by atoms with Crippen molar-refractivity contribution in [3.8, 4) is 0 Å². The minimum absolute atomic E-state index is 0.0396. The van der Waals surface area contributed by atoms with Gasteiger partial charge in [-0.3, -0.25) is 25.6 Å². The van der Waals surface area contributed by atoms with Gasteiger partial charge in [-0.2, -0.15) is 0 Å². The lowest BCUT2D eigenvalue weighted by Crippen LogP contribution is -2.54. The van der Waals surface area contributed by atoms with Gasteiger partial charge in [-0.1, -0.05) is 26.2 Å². The summed E-state index contributed by atoms with van der Waals surface area (Å²) in [4.78, 5) is 31.4. The van der Waals surface area contributed by atoms with Crippen LogP contribution in [0, 0.1) is 18.8 Å². The number of anilines is 1. The van der Waals surface area contributed by atoms with Crippen molar-refractivity contribution in [1.82, 2.24) is 20.5 Å². The smallest absolute Gasteiger partial charge is 0.264 e. The first-order valence-electron chi connectivity index (χ1n) is 8.33. The summed E-state index contributed by atoms with van der Waals surface area (Å²) in [7, 11) is 0. The quantitative estimate of drug-likeness (QED) is 0.360. The zero-order chi connectivity index (χ0) is 17.5. The van der Waals surface area contributed by atoms with Gasteiger partial charge in [0.2, 0.25) is 12.4 Å². The third kappa shape index (κ3) is 4.64. The molecule has 1 atom stereocenters. The predicted octanol–water partition coefficient (Wildman–Crippen LogP) is 1.66. The van der Waals surface area contributed by atoms with Gasteiger partial charge in [0.25, 0.3) is 5.91 Å². The van der Waals surface area contributed by atoms with Crippen molar-refractivity contribution in [2.24, 2.45) is 11.8 Å². The minimum atomic E-state index is -0.905. The Hall–Kier alpha value is -2.22. The van der Waals surface area contributed by atoms with Crippen LogP contribution < -0.4 is 10.9 Å². The number of hydroxylamine groups is 2. The van der Waals surface area contributed by atoms with Crippen molar-refractivity contribution in [3.05, 3.63) is 18.0 Å². The molecule has 8 heteroatoms. The van der Waals surface area contributed by atoms with Crippen molar-refractivity contribution in [2.75, 3.05) is 5.43 Å². The molecule has 0 saturated heterocycles. The molecule has 24 heavy (non-hydrogen) atoms. The van der Waals surface area contributed by atoms with Crippen LogP contribution in [0.25, 0.3) is 0 Å². The molecule has 1 saturated carbocycles. The van der Waals surface area contributed by atoms with Crippen molar-refractivity contribution < 1.29 is 14.8 Å². The first-order chi connectivity index (χ1) is 11.5. The summed E-state index contributed by atoms with van der Waals surface area (Å²) in [6.07, 6.45) is 6.95. The Kier molecular flexibility index (Phi) is 6.48. The fourth-order valence-corrected chi connectivity index (χ4v) is 3.09. The van der Waals surface area contributed by atoms with Gasteiger partial charge in [0.1, 0.15) is 6.04 Å². The van der Waals surface area contributed by atoms with Gasteiger partial charge in [0.05, 0.1) is 0 Å². The maximum absolute atomic E-state index is 12.4. The molecule has 132 valence electrons. The van der Waals surface area contributed by atoms with Gasteiger partial charge in [0, 0.05) is 11.9 Å². The molecule has 0 radical (unpaired) electrons. The third-order valence-corrected chi connectivity index (χ3v) is 4.44. The number of nitrogens with zero attached hydrogens (tertiary/aromatic N) is 3. The number of hydrogen-bond donors (Lipinski definition) is 3. The molecule has 1 unspecified atom stereocenters. The number of hydrazine groups is 1. The number of nitrogens with one attached hydrogen (secondary N) is 2. The van der Waals surface area contributed by atoms with E-state index in [9.17, 15) is 14.8 Å². The largest absolute Gasteiger partial charge is 0.285 e. The second-order valence-corrected chi connectivity index (χ2v) is 6.31. The van der Waals surface area contributed by atoms with Crippen molar-refractivity contribution >= 4 is 18.3 Å². The Labute approximate surface area is 141 Å². The molecule has 0 bridgehead atoms. The van der Waals surface area contributed by atoms with E-state index in [0.717, 1.165) is 37.8 Å². The number of unbranched alkanes of at least 4 members (excludes halogenated alkanes) is 1. The molecule has 0 aliphatic heterocycles. The molecule has 1 aromatic heterocycles. The number of aryl methyl sites for hydroxylation is 1. The van der Waals surface area contributed by atoms with Gasteiger partial charge in [-0.15, -0.1) is 0 Å². The fraction of sp³-hybridized carbons (Fsp3) is 0.625. The third-order valence-electron chi connectivity index (χ3n) is 4.44. The second-order valence-electron chi connectivity index (χ2n) is 6.31. The molecule has 1 aromatic rings. The molecular weight excluding hydrogens is 310 g/mol. The molecule has 2 amide bonds. The van der Waals surface area contributed by atoms with Crippen LogP contribution in [0.3, 0.4) is 0 Å². The second kappa shape index (κ2) is 8.58. The monoisotopic (exact) mass is 335 g/mol. The van der Waals surface area contributed by atoms with Crippen LogP contribution in [-0.4, -0.2) is 38.6 Å². The number of rotatable bonds is 9. The number of carbonyl (C=O) groups is 2. The van der Waals surface area contributed by atoms with Crippen molar-refractivity contribution in [3.63, 3.8) is 0 Å². The highest BCUT2D eigenvalue weighted by Crippen LogP contribution is 2.40. The summed E-state index contributed by atoms with van der Waals surface area (Å²) in [5.74, 6) is 0.307. The summed E-state index contributed by atoms with van der Waals surface area (Å²) < 4.78 is 0. The Balaban J connectivity index is 1.90. The minimum Gasteiger partial charge on any atom is -0.285 e. The molecule has 1 fully saturated rings. The molecule has 0 spiro atoms. The molecule has 3 N–H and O–H groups in total. The summed E-state index contributed by atoms with van der Waals surface area (Å²) in [5.41, 5.74) is 5.85. The van der Waals surface area contributed by atoms with Gasteiger partial charge in [-0.05, 0) is 37.7 Å². The average Bonchev–Trinajstić information content (AvgIpc) is 2.54. The van der Waals surface area contributed by atoms with Crippen molar-refractivity contribution in [2.45, 2.75) is 52.0 Å². The Morgan fingerprint density at radius 1 is 1.54 bits per heavy atom. The van der Waals surface area contributed by atoms with Crippen LogP contribution in [0.4, 0.5) is 5.95 Å². The SMILES string of the molecule is CCCCC1CC(C(C(=O)NNc2nccc(C)n2)N(O)C=O)C1. The molecule has 1 aliphatic carbocycles. The maximum Gasteiger partial charge on any atom is 0.264 e. The lowest BCUT2D eigenvalue weighted by molar-refractivity contribution is -0.177. The first-order valence-corrected chi connectivity index (χ1v) is 8.33. The summed E-state index contributed by atoms with van der Waals surface area (Å²) >= 11 is 0. The molecule has 1 heterocycles. The van der Waals surface area contributed by atoms with Crippen LogP contribution in [0.15, 0.2) is 12.3 Å². The van der Waals surface area contributed by atoms with Crippen LogP contribution in [-0.2, 0) is 9.59 Å². The van der Waals surface area contributed by atoms with Crippen molar-refractivity contribution in [1.29, 1.82) is 0 Å². The Morgan fingerprint density at radius 3 is 2.92 bits per heavy atom. The molecule has 8 nitrogen and oxygen atoms in total. The molecular formula is C16H25N5O3. The highest BCUT2D eigenvalue weighted by Gasteiger charge is 2.41. The normalized spacial score (nSPS) is 20.6. The summed E-state index contributed by atoms with van der Waals surface area (Å²) in [5, 5.41) is 10.2. The van der Waals surface area contributed by atoms with Gasteiger partial charge >= 0.3 is 0 Å². The van der Waals surface area contributed by atoms with E-state index >= 15 is 0 Å². The average molecular weight is 335 g/mol. The zero-order valence-electron chi connectivity index (χ0n) is 14.1. The van der Waals surface area contributed by atoms with E-state index < -0.39 is 11.9 Å². The van der Waals surface area contributed by atoms with Crippen LogP contribution in [0.1, 0.15) is 44.7 Å². The van der Waals surface area contributed by atoms with E-state index in [1.54, 1.807) is 12.3 Å². The predicted molar refractivity (Wildman–Crippen MR) is 87.8 cm³/mol. The Morgan fingerprint density at radius 2 is 2.29 bits per heavy atom. The molecule has 2 rings (SSSR count). The van der Waals surface area contributed by atoms with E-state index in [2.05, 4.69) is 27.7 Å². The zero-order valence-corrected chi connectivity index (χ0v) is 14.1. The number of amides is 2. The lowest BCUT2D eigenvalue weighted by Gasteiger charge is -2.41. The van der Waals surface area contributed by atoms with E-state index in [1.165, 1.54) is 0 Å². The highest BCUT2D eigenvalue weighted by atomic mass is 16.5. The number of aromatic nitrogens is 2. The van der Waals surface area contributed by atoms with Crippen LogP contribution in [0.2, 0.25) is 0 Å². The summed E-state index contributed by atoms with van der Waals surface area (Å²) in [6.45, 7) is 3.96. The van der Waals surface area contributed by atoms with Gasteiger partial charge in [0.15, 0.2) is 0 Å². The van der Waals surface area contributed by atoms with E-state index in [4.69, 9.17) is 0 Å². The van der Waals surface area contributed by atoms with E-state index in [0.29, 0.717) is 11.0 Å². The van der Waals surface area contributed by atoms with Gasteiger partial charge < -0.3 is 0 Å². The van der Waals surface area contributed by atoms with Crippen LogP contribution in [0.5, 0.6) is 0 Å². The maximum atomic E-state index is 12.4. The fourth-order valence-electron chi connectivity index (χ4n) is 3.09. The number of hydrogen-bond acceptors (Lipinski definition) is 6. The molecule has 1 aliphatic rings. The number of carbonyl (C=O) groups excluding carboxylic acids is 2. The molecule has 0 aromatic carbocycles. The first kappa shape index (κ1) is 18.1. The standard InChI is InChI=1S/C16H25N5O3/c1-3-4-5-12-8-13(9-12)14(21(24)10-22)15(23)19-20-16-17-7-6-11(2)18-16/h6-7,10,12-14,24H,3-5,8-9H2,1-2H3,(H,19,23)(H,17,18,20). The van der Waals surface area contributed by atoms with E-state index in [1.807, 2.05) is 6.92 Å². The van der Waals surface area contributed by atoms with E-state index in [-0.39, 0.29) is 18.3 Å². The Bertz CT molecular complexity index is 562. The topological polar surface area (TPSA) is 107 Å². The van der Waals surface area contributed by atoms with Crippen LogP contribution >= 0.6 is 0 Å². The highest BCUT2D eigenvalue weighted by molar-refractivity contribution is 5.84. The van der Waals surface area contributed by atoms with Gasteiger partial charge in [-0.25, -0.2) is 15.0 Å². The summed E-state index contributed by atoms with van der Waals surface area (Å²) in [6, 6.07) is 0.834.